The Bertz CT molecular complexity index is 256. The summed E-state index contributed by atoms with van der Waals surface area (Å²) >= 11 is 0. The molecule has 0 heterocycles. The number of benzene rings is 1. The molecule has 1 atom stereocenters. The molecule has 0 aliphatic heterocycles. The molecule has 0 amide bonds. The Hall–Kier alpha value is -0.860. The highest BCUT2D eigenvalue weighted by Gasteiger charge is 2.03. The Labute approximate surface area is 79.2 Å². The average Bonchev–Trinajstić information content (AvgIpc) is 2.08. The third-order valence-electron chi connectivity index (χ3n) is 1.93. The van der Waals surface area contributed by atoms with E-state index in [2.05, 4.69) is 0 Å². The maximum absolute atomic E-state index is 9.26. The lowest BCUT2D eigenvalue weighted by Gasteiger charge is -2.09. The molecule has 0 radical (unpaired) electrons. The number of methoxy groups -OCH3 is 1. The van der Waals surface area contributed by atoms with E-state index in [0.717, 1.165) is 5.56 Å². The predicted octanol–water partition coefficient (Wildman–Crippen LogP) is 1.76. The second-order valence-corrected chi connectivity index (χ2v) is 3.25. The van der Waals surface area contributed by atoms with Gasteiger partial charge in [0.25, 0.3) is 0 Å². The van der Waals surface area contributed by atoms with Gasteiger partial charge in [-0.3, -0.25) is 0 Å². The van der Waals surface area contributed by atoms with Gasteiger partial charge in [-0.25, -0.2) is 0 Å². The third kappa shape index (κ3) is 3.17. The standard InChI is InChI=1S/C11H16O2/c1-9(12)7-10-5-3-4-6-11(10)8-13-2/h3-6,9,12H,7-8H2,1-2H3. The van der Waals surface area contributed by atoms with Gasteiger partial charge >= 0.3 is 0 Å². The molecule has 72 valence electrons. The molecular formula is C11H16O2. The van der Waals surface area contributed by atoms with E-state index < -0.39 is 0 Å². The minimum atomic E-state index is -0.294. The highest BCUT2D eigenvalue weighted by Crippen LogP contribution is 2.11. The number of rotatable bonds is 4. The van der Waals surface area contributed by atoms with Crippen molar-refractivity contribution in [1.82, 2.24) is 0 Å². The van der Waals surface area contributed by atoms with E-state index in [9.17, 15) is 5.11 Å². The number of hydrogen-bond acceptors (Lipinski definition) is 2. The van der Waals surface area contributed by atoms with Crippen molar-refractivity contribution in [2.75, 3.05) is 7.11 Å². The Balaban J connectivity index is 2.78. The van der Waals surface area contributed by atoms with Crippen LogP contribution in [0.25, 0.3) is 0 Å². The van der Waals surface area contributed by atoms with Crippen LogP contribution in [-0.4, -0.2) is 18.3 Å². The molecule has 0 saturated carbocycles. The van der Waals surface area contributed by atoms with Gasteiger partial charge in [0.2, 0.25) is 0 Å². The van der Waals surface area contributed by atoms with Crippen LogP contribution in [0.5, 0.6) is 0 Å². The van der Waals surface area contributed by atoms with E-state index in [1.807, 2.05) is 24.3 Å². The molecule has 1 aromatic carbocycles. The number of hydrogen-bond donors (Lipinski definition) is 1. The van der Waals surface area contributed by atoms with Gasteiger partial charge in [-0.2, -0.15) is 0 Å². The predicted molar refractivity (Wildman–Crippen MR) is 52.5 cm³/mol. The molecule has 0 aromatic heterocycles. The van der Waals surface area contributed by atoms with Crippen LogP contribution in [0.15, 0.2) is 24.3 Å². The zero-order valence-corrected chi connectivity index (χ0v) is 8.16. The van der Waals surface area contributed by atoms with Crippen LogP contribution in [0, 0.1) is 0 Å². The lowest BCUT2D eigenvalue weighted by molar-refractivity contribution is 0.178. The number of ether oxygens (including phenoxy) is 1. The quantitative estimate of drug-likeness (QED) is 0.765. The highest BCUT2D eigenvalue weighted by atomic mass is 16.5. The first-order valence-electron chi connectivity index (χ1n) is 4.48. The first kappa shape index (κ1) is 10.2. The van der Waals surface area contributed by atoms with E-state index in [-0.39, 0.29) is 6.10 Å². The van der Waals surface area contributed by atoms with Gasteiger partial charge in [0.1, 0.15) is 0 Å². The molecule has 0 bridgehead atoms. The summed E-state index contributed by atoms with van der Waals surface area (Å²) in [4.78, 5) is 0. The van der Waals surface area contributed by atoms with E-state index in [1.54, 1.807) is 14.0 Å². The molecule has 2 nitrogen and oxygen atoms in total. The molecule has 1 rings (SSSR count). The van der Waals surface area contributed by atoms with Crippen molar-refractivity contribution in [2.45, 2.75) is 26.1 Å². The van der Waals surface area contributed by atoms with Crippen LogP contribution >= 0.6 is 0 Å². The summed E-state index contributed by atoms with van der Waals surface area (Å²) in [5.41, 5.74) is 2.32. The van der Waals surface area contributed by atoms with Crippen molar-refractivity contribution in [3.05, 3.63) is 35.4 Å². The van der Waals surface area contributed by atoms with Crippen molar-refractivity contribution < 1.29 is 9.84 Å². The second kappa shape index (κ2) is 5.00. The zero-order chi connectivity index (χ0) is 9.68. The summed E-state index contributed by atoms with van der Waals surface area (Å²) in [7, 11) is 1.68. The Morgan fingerprint density at radius 2 is 1.92 bits per heavy atom. The van der Waals surface area contributed by atoms with Gasteiger partial charge in [-0.15, -0.1) is 0 Å². The minimum Gasteiger partial charge on any atom is -0.393 e. The number of aliphatic hydroxyl groups excluding tert-OH is 1. The van der Waals surface area contributed by atoms with E-state index in [0.29, 0.717) is 13.0 Å². The van der Waals surface area contributed by atoms with Gasteiger partial charge < -0.3 is 9.84 Å². The molecule has 13 heavy (non-hydrogen) atoms. The van der Waals surface area contributed by atoms with Gasteiger partial charge in [-0.05, 0) is 24.5 Å². The summed E-state index contributed by atoms with van der Waals surface area (Å²) in [5.74, 6) is 0. The Kier molecular flexibility index (Phi) is 3.93. The van der Waals surface area contributed by atoms with Crippen LogP contribution in [0.2, 0.25) is 0 Å². The molecule has 0 aliphatic rings. The topological polar surface area (TPSA) is 29.5 Å². The third-order valence-corrected chi connectivity index (χ3v) is 1.93. The Morgan fingerprint density at radius 1 is 1.31 bits per heavy atom. The Morgan fingerprint density at radius 3 is 2.46 bits per heavy atom. The van der Waals surface area contributed by atoms with Crippen LogP contribution in [0.3, 0.4) is 0 Å². The van der Waals surface area contributed by atoms with E-state index in [1.165, 1.54) is 5.56 Å². The fourth-order valence-corrected chi connectivity index (χ4v) is 1.37. The largest absolute Gasteiger partial charge is 0.393 e. The molecule has 0 spiro atoms. The zero-order valence-electron chi connectivity index (χ0n) is 8.16. The van der Waals surface area contributed by atoms with Crippen molar-refractivity contribution in [3.8, 4) is 0 Å². The van der Waals surface area contributed by atoms with Crippen molar-refractivity contribution in [3.63, 3.8) is 0 Å². The van der Waals surface area contributed by atoms with Gasteiger partial charge in [0.05, 0.1) is 12.7 Å². The van der Waals surface area contributed by atoms with Crippen LogP contribution in [0.4, 0.5) is 0 Å². The minimum absolute atomic E-state index is 0.294. The smallest absolute Gasteiger partial charge is 0.0715 e. The maximum Gasteiger partial charge on any atom is 0.0715 e. The van der Waals surface area contributed by atoms with Gasteiger partial charge in [0.15, 0.2) is 0 Å². The van der Waals surface area contributed by atoms with E-state index >= 15 is 0 Å². The SMILES string of the molecule is COCc1ccccc1CC(C)O. The molecule has 0 aliphatic carbocycles. The molecule has 1 N–H and O–H groups in total. The molecule has 0 saturated heterocycles. The summed E-state index contributed by atoms with van der Waals surface area (Å²) in [6, 6.07) is 8.03. The summed E-state index contributed by atoms with van der Waals surface area (Å²) < 4.78 is 5.07. The maximum atomic E-state index is 9.26. The lowest BCUT2D eigenvalue weighted by atomic mass is 10.0. The highest BCUT2D eigenvalue weighted by molar-refractivity contribution is 5.26. The summed E-state index contributed by atoms with van der Waals surface area (Å²) in [6.45, 7) is 2.41. The van der Waals surface area contributed by atoms with Crippen LogP contribution in [0.1, 0.15) is 18.1 Å². The normalized spacial score (nSPS) is 12.8. The fraction of sp³-hybridized carbons (Fsp3) is 0.455. The van der Waals surface area contributed by atoms with Gasteiger partial charge in [0, 0.05) is 7.11 Å². The van der Waals surface area contributed by atoms with Crippen LogP contribution < -0.4 is 0 Å². The first-order chi connectivity index (χ1) is 6.24. The second-order valence-electron chi connectivity index (χ2n) is 3.25. The lowest BCUT2D eigenvalue weighted by Crippen LogP contribution is -2.07. The molecule has 1 unspecified atom stereocenters. The van der Waals surface area contributed by atoms with E-state index in [4.69, 9.17) is 4.74 Å². The molecule has 0 fully saturated rings. The van der Waals surface area contributed by atoms with Crippen molar-refractivity contribution >= 4 is 0 Å². The van der Waals surface area contributed by atoms with Crippen molar-refractivity contribution in [1.29, 1.82) is 0 Å². The van der Waals surface area contributed by atoms with Crippen LogP contribution in [-0.2, 0) is 17.8 Å². The molecule has 2 heteroatoms. The first-order valence-corrected chi connectivity index (χ1v) is 4.48. The number of aliphatic hydroxyl groups is 1. The van der Waals surface area contributed by atoms with Gasteiger partial charge in [-0.1, -0.05) is 24.3 Å². The molecular weight excluding hydrogens is 164 g/mol. The summed E-state index contributed by atoms with van der Waals surface area (Å²) in [6.07, 6.45) is 0.400. The fourth-order valence-electron chi connectivity index (χ4n) is 1.37. The monoisotopic (exact) mass is 180 g/mol. The summed E-state index contributed by atoms with van der Waals surface area (Å²) in [5, 5.41) is 9.26. The average molecular weight is 180 g/mol. The van der Waals surface area contributed by atoms with Crippen molar-refractivity contribution in [2.24, 2.45) is 0 Å². The molecule has 1 aromatic rings.